The van der Waals surface area contributed by atoms with Crippen LogP contribution < -0.4 is 0 Å². The third kappa shape index (κ3) is 2.76. The fourth-order valence-electron chi connectivity index (χ4n) is 1.80. The van der Waals surface area contributed by atoms with Crippen LogP contribution in [0.3, 0.4) is 0 Å². The summed E-state index contributed by atoms with van der Waals surface area (Å²) in [6.45, 7) is 0.585. The van der Waals surface area contributed by atoms with E-state index >= 15 is 0 Å². The van der Waals surface area contributed by atoms with Gasteiger partial charge in [0.15, 0.2) is 5.82 Å². The van der Waals surface area contributed by atoms with E-state index < -0.39 is 0 Å². The summed E-state index contributed by atoms with van der Waals surface area (Å²) in [5.74, 6) is 1.19. The number of ether oxygens (including phenoxy) is 1. The standard InChI is InChI=1S/C14H13N3O2S/c1-18-7-6-13-16-14(19-17-13)11-4-2-10(3-5-11)12-8-20-9-15-12/h2-5,8-9H,6-7H2,1H3. The van der Waals surface area contributed by atoms with Gasteiger partial charge in [-0.1, -0.05) is 17.3 Å². The highest BCUT2D eigenvalue weighted by molar-refractivity contribution is 7.07. The van der Waals surface area contributed by atoms with Gasteiger partial charge in [0.2, 0.25) is 0 Å². The molecule has 6 heteroatoms. The lowest BCUT2D eigenvalue weighted by Gasteiger charge is -1.98. The third-order valence-electron chi connectivity index (χ3n) is 2.86. The van der Waals surface area contributed by atoms with Gasteiger partial charge in [-0.25, -0.2) is 4.98 Å². The van der Waals surface area contributed by atoms with Crippen LogP contribution in [0.2, 0.25) is 0 Å². The third-order valence-corrected chi connectivity index (χ3v) is 3.44. The Labute approximate surface area is 120 Å². The molecular formula is C14H13N3O2S. The number of nitrogens with zero attached hydrogens (tertiary/aromatic N) is 3. The Morgan fingerprint density at radius 2 is 2.00 bits per heavy atom. The number of hydrogen-bond donors (Lipinski definition) is 0. The van der Waals surface area contributed by atoms with Crippen LogP contribution in [-0.2, 0) is 11.2 Å². The predicted molar refractivity (Wildman–Crippen MR) is 76.4 cm³/mol. The van der Waals surface area contributed by atoms with Crippen LogP contribution in [0.4, 0.5) is 0 Å². The quantitative estimate of drug-likeness (QED) is 0.721. The molecule has 2 aromatic heterocycles. The van der Waals surface area contributed by atoms with Crippen LogP contribution in [0.25, 0.3) is 22.7 Å². The van der Waals surface area contributed by atoms with Crippen LogP contribution in [-0.4, -0.2) is 28.8 Å². The van der Waals surface area contributed by atoms with Gasteiger partial charge in [0.05, 0.1) is 17.8 Å². The summed E-state index contributed by atoms with van der Waals surface area (Å²) in [4.78, 5) is 8.62. The summed E-state index contributed by atoms with van der Waals surface area (Å²) >= 11 is 1.58. The summed E-state index contributed by atoms with van der Waals surface area (Å²) < 4.78 is 10.2. The summed E-state index contributed by atoms with van der Waals surface area (Å²) in [5, 5.41) is 5.94. The van der Waals surface area contributed by atoms with Gasteiger partial charge in [-0.3, -0.25) is 0 Å². The molecule has 0 fully saturated rings. The Bertz CT molecular complexity index is 662. The van der Waals surface area contributed by atoms with E-state index in [2.05, 4.69) is 15.1 Å². The number of aromatic nitrogens is 3. The molecule has 0 N–H and O–H groups in total. The summed E-state index contributed by atoms with van der Waals surface area (Å²) in [6.07, 6.45) is 0.650. The maximum absolute atomic E-state index is 5.25. The van der Waals surface area contributed by atoms with Crippen molar-refractivity contribution in [3.05, 3.63) is 41.0 Å². The lowest BCUT2D eigenvalue weighted by molar-refractivity contribution is 0.199. The van der Waals surface area contributed by atoms with E-state index in [1.54, 1.807) is 18.4 Å². The molecule has 0 atom stereocenters. The molecule has 0 aliphatic carbocycles. The van der Waals surface area contributed by atoms with Gasteiger partial charge in [0, 0.05) is 30.0 Å². The van der Waals surface area contributed by atoms with Crippen molar-refractivity contribution in [3.63, 3.8) is 0 Å². The average Bonchev–Trinajstić information content (AvgIpc) is 3.17. The molecule has 3 rings (SSSR count). The predicted octanol–water partition coefficient (Wildman–Crippen LogP) is 3.05. The molecule has 0 aliphatic rings. The fourth-order valence-corrected chi connectivity index (χ4v) is 2.37. The minimum absolute atomic E-state index is 0.529. The van der Waals surface area contributed by atoms with Crippen molar-refractivity contribution < 1.29 is 9.26 Å². The van der Waals surface area contributed by atoms with Gasteiger partial charge < -0.3 is 9.26 Å². The molecule has 0 aliphatic heterocycles. The van der Waals surface area contributed by atoms with Crippen molar-refractivity contribution in [3.8, 4) is 22.7 Å². The van der Waals surface area contributed by atoms with Crippen LogP contribution in [0.1, 0.15) is 5.82 Å². The second-order valence-corrected chi connectivity index (χ2v) is 4.93. The molecule has 0 saturated heterocycles. The number of methoxy groups -OCH3 is 1. The monoisotopic (exact) mass is 287 g/mol. The van der Waals surface area contributed by atoms with E-state index in [0.717, 1.165) is 16.8 Å². The van der Waals surface area contributed by atoms with Gasteiger partial charge in [0.1, 0.15) is 0 Å². The van der Waals surface area contributed by atoms with Gasteiger partial charge in [-0.15, -0.1) is 11.3 Å². The molecule has 102 valence electrons. The highest BCUT2D eigenvalue weighted by Crippen LogP contribution is 2.23. The van der Waals surface area contributed by atoms with Crippen LogP contribution in [0.15, 0.2) is 39.7 Å². The van der Waals surface area contributed by atoms with E-state index in [1.165, 1.54) is 0 Å². The molecule has 0 spiro atoms. The molecule has 5 nitrogen and oxygen atoms in total. The Morgan fingerprint density at radius 3 is 2.70 bits per heavy atom. The largest absolute Gasteiger partial charge is 0.384 e. The fraction of sp³-hybridized carbons (Fsp3) is 0.214. The molecular weight excluding hydrogens is 274 g/mol. The van der Waals surface area contributed by atoms with Crippen molar-refractivity contribution in [2.45, 2.75) is 6.42 Å². The first kappa shape index (κ1) is 13.0. The number of thiazole rings is 1. The first-order valence-corrected chi connectivity index (χ1v) is 7.11. The number of rotatable bonds is 5. The van der Waals surface area contributed by atoms with Crippen LogP contribution in [0, 0.1) is 0 Å². The molecule has 0 radical (unpaired) electrons. The first-order valence-electron chi connectivity index (χ1n) is 6.17. The first-order chi connectivity index (χ1) is 9.86. The van der Waals surface area contributed by atoms with Crippen LogP contribution in [0.5, 0.6) is 0 Å². The second kappa shape index (κ2) is 5.94. The molecule has 0 unspecified atom stereocenters. The normalized spacial score (nSPS) is 10.8. The smallest absolute Gasteiger partial charge is 0.257 e. The summed E-state index contributed by atoms with van der Waals surface area (Å²) in [7, 11) is 1.65. The highest BCUT2D eigenvalue weighted by Gasteiger charge is 2.09. The lowest BCUT2D eigenvalue weighted by atomic mass is 10.1. The molecule has 0 saturated carbocycles. The van der Waals surface area contributed by atoms with Gasteiger partial charge in [0.25, 0.3) is 5.89 Å². The van der Waals surface area contributed by atoms with Crippen LogP contribution >= 0.6 is 11.3 Å². The van der Waals surface area contributed by atoms with Gasteiger partial charge in [-0.2, -0.15) is 4.98 Å². The zero-order valence-electron chi connectivity index (χ0n) is 10.9. The minimum atomic E-state index is 0.529. The Morgan fingerprint density at radius 1 is 1.20 bits per heavy atom. The Balaban J connectivity index is 1.79. The number of hydrogen-bond acceptors (Lipinski definition) is 6. The van der Waals surface area contributed by atoms with Crippen molar-refractivity contribution in [1.82, 2.24) is 15.1 Å². The maximum atomic E-state index is 5.25. The summed E-state index contributed by atoms with van der Waals surface area (Å²) in [6, 6.07) is 7.93. The molecule has 0 bridgehead atoms. The van der Waals surface area contributed by atoms with E-state index in [4.69, 9.17) is 9.26 Å². The van der Waals surface area contributed by atoms with Gasteiger partial charge in [-0.05, 0) is 12.1 Å². The SMILES string of the molecule is COCCc1noc(-c2ccc(-c3cscn3)cc2)n1. The van der Waals surface area contributed by atoms with Crippen molar-refractivity contribution in [1.29, 1.82) is 0 Å². The van der Waals surface area contributed by atoms with Crippen molar-refractivity contribution in [2.24, 2.45) is 0 Å². The Kier molecular flexibility index (Phi) is 3.85. The topological polar surface area (TPSA) is 61.0 Å². The van der Waals surface area contributed by atoms with Gasteiger partial charge >= 0.3 is 0 Å². The molecule has 3 aromatic rings. The zero-order chi connectivity index (χ0) is 13.8. The number of benzene rings is 1. The molecule has 0 amide bonds. The van der Waals surface area contributed by atoms with E-state index in [0.29, 0.717) is 24.7 Å². The Hall–Kier alpha value is -2.05. The van der Waals surface area contributed by atoms with E-state index in [-0.39, 0.29) is 0 Å². The van der Waals surface area contributed by atoms with E-state index in [1.807, 2.05) is 35.2 Å². The molecule has 1 aromatic carbocycles. The lowest BCUT2D eigenvalue weighted by Crippen LogP contribution is -1.96. The highest BCUT2D eigenvalue weighted by atomic mass is 32.1. The summed E-state index contributed by atoms with van der Waals surface area (Å²) in [5.41, 5.74) is 4.78. The molecule has 20 heavy (non-hydrogen) atoms. The van der Waals surface area contributed by atoms with Crippen molar-refractivity contribution >= 4 is 11.3 Å². The average molecular weight is 287 g/mol. The van der Waals surface area contributed by atoms with E-state index in [9.17, 15) is 0 Å². The zero-order valence-corrected chi connectivity index (χ0v) is 11.8. The van der Waals surface area contributed by atoms with Crippen molar-refractivity contribution in [2.75, 3.05) is 13.7 Å². The maximum Gasteiger partial charge on any atom is 0.257 e. The minimum Gasteiger partial charge on any atom is -0.384 e. The second-order valence-electron chi connectivity index (χ2n) is 4.21. The molecule has 2 heterocycles.